The summed E-state index contributed by atoms with van der Waals surface area (Å²) in [4.78, 5) is 46.2. The quantitative estimate of drug-likeness (QED) is 0.128. The van der Waals surface area contributed by atoms with Crippen molar-refractivity contribution >= 4 is 46.8 Å². The molecule has 3 aromatic heterocycles. The maximum absolute atomic E-state index is 12.1. The summed E-state index contributed by atoms with van der Waals surface area (Å²) in [5.74, 6) is 0.273. The summed E-state index contributed by atoms with van der Waals surface area (Å²) in [6.45, 7) is 1.40. The van der Waals surface area contributed by atoms with Crippen LogP contribution in [0.5, 0.6) is 5.88 Å². The summed E-state index contributed by atoms with van der Waals surface area (Å²) >= 11 is 14.2. The average Bonchev–Trinajstić information content (AvgIpc) is 3.87. The van der Waals surface area contributed by atoms with Crippen molar-refractivity contribution < 1.29 is 24.2 Å². The zero-order chi connectivity index (χ0) is 36.4. The molecule has 5 aromatic rings. The smallest absolute Gasteiger partial charge is 0.407 e. The summed E-state index contributed by atoms with van der Waals surface area (Å²) in [6, 6.07) is 16.6. The fourth-order valence-electron chi connectivity index (χ4n) is 6.69. The maximum atomic E-state index is 12.1. The fraction of sp³-hybridized carbons (Fsp3) is 0.297. The van der Waals surface area contributed by atoms with Gasteiger partial charge in [0, 0.05) is 84.1 Å². The number of carboxylic acid groups (broad SMARTS) is 1. The van der Waals surface area contributed by atoms with Gasteiger partial charge in [0.25, 0.3) is 0 Å². The highest BCUT2D eigenvalue weighted by atomic mass is 35.5. The number of halogens is 2. The number of ether oxygens (including phenoxy) is 1. The lowest BCUT2D eigenvalue weighted by Crippen LogP contribution is -2.41. The molecule has 0 saturated carbocycles. The third-order valence-corrected chi connectivity index (χ3v) is 10.2. The molecule has 13 nitrogen and oxygen atoms in total. The van der Waals surface area contributed by atoms with Gasteiger partial charge in [-0.1, -0.05) is 59.6 Å². The molecule has 15 heteroatoms. The van der Waals surface area contributed by atoms with Gasteiger partial charge in [-0.3, -0.25) is 9.59 Å². The molecule has 2 aliphatic heterocycles. The molecule has 3 amide bonds. The minimum atomic E-state index is -1.10. The molecule has 2 atom stereocenters. The van der Waals surface area contributed by atoms with Gasteiger partial charge in [0.05, 0.1) is 41.3 Å². The van der Waals surface area contributed by atoms with Crippen LogP contribution in [0, 0.1) is 0 Å². The number of aromatic nitrogens is 4. The number of benzene rings is 2. The lowest BCUT2D eigenvalue weighted by molar-refractivity contribution is -0.120. The number of methoxy groups -OCH3 is 1. The highest BCUT2D eigenvalue weighted by Crippen LogP contribution is 2.42. The van der Waals surface area contributed by atoms with E-state index in [2.05, 4.69) is 21.0 Å². The van der Waals surface area contributed by atoms with Crippen molar-refractivity contribution in [3.8, 4) is 39.5 Å². The SMILES string of the molecule is COc1nc(-c2cccc(-c3cccc(-c4ccn5ncc(CNC[C@@H]6CCC(=O)N6)c5n4)c3Cl)c2Cl)ccc1CN(C[C@@H]1CCC(=O)N1)C(=O)O. The van der Waals surface area contributed by atoms with Crippen molar-refractivity contribution in [2.24, 2.45) is 0 Å². The molecule has 52 heavy (non-hydrogen) atoms. The highest BCUT2D eigenvalue weighted by Gasteiger charge is 2.27. The molecule has 2 aromatic carbocycles. The van der Waals surface area contributed by atoms with Crippen LogP contribution < -0.4 is 20.7 Å². The Kier molecular flexibility index (Phi) is 10.3. The standard InChI is InChI=1S/C37H36Cl2N8O5/c1-52-36-21(19-46(37(50)51)20-24-10-13-32(49)43-24)8-11-29(45-36)27-6-2-4-25(33(27)38)26-5-3-7-28(34(26)39)30-14-15-47-35(44-30)22(17-41-47)16-40-18-23-9-12-31(48)42-23/h2-8,11,14-15,17,23-24,40H,9-10,12-13,16,18-20H2,1H3,(H,42,48)(H,43,49)(H,50,51)/t23-,24-/m0/s1. The molecule has 2 aliphatic rings. The van der Waals surface area contributed by atoms with E-state index in [-0.39, 0.29) is 42.9 Å². The Labute approximate surface area is 309 Å². The molecule has 5 heterocycles. The van der Waals surface area contributed by atoms with Gasteiger partial charge in [-0.25, -0.2) is 19.3 Å². The largest absolute Gasteiger partial charge is 0.481 e. The molecular formula is C37H36Cl2N8O5. The van der Waals surface area contributed by atoms with Gasteiger partial charge in [0.2, 0.25) is 17.7 Å². The van der Waals surface area contributed by atoms with Gasteiger partial charge in [-0.2, -0.15) is 5.10 Å². The second-order valence-corrected chi connectivity index (χ2v) is 13.6. The van der Waals surface area contributed by atoms with E-state index in [1.807, 2.05) is 48.7 Å². The number of hydrogen-bond donors (Lipinski definition) is 4. The first kappa shape index (κ1) is 35.2. The molecule has 268 valence electrons. The number of hydrogen-bond acceptors (Lipinski definition) is 8. The van der Waals surface area contributed by atoms with Crippen molar-refractivity contribution in [1.29, 1.82) is 0 Å². The monoisotopic (exact) mass is 742 g/mol. The number of rotatable bonds is 12. The van der Waals surface area contributed by atoms with Crippen LogP contribution in [0.2, 0.25) is 10.0 Å². The summed E-state index contributed by atoms with van der Waals surface area (Å²) < 4.78 is 7.32. The van der Waals surface area contributed by atoms with Gasteiger partial charge in [-0.15, -0.1) is 0 Å². The van der Waals surface area contributed by atoms with Crippen molar-refractivity contribution in [2.45, 2.75) is 50.9 Å². The van der Waals surface area contributed by atoms with Crippen LogP contribution in [0.15, 0.2) is 67.0 Å². The third kappa shape index (κ3) is 7.38. The van der Waals surface area contributed by atoms with Crippen molar-refractivity contribution in [3.63, 3.8) is 0 Å². The molecule has 0 radical (unpaired) electrons. The van der Waals surface area contributed by atoms with Gasteiger partial charge >= 0.3 is 6.09 Å². The normalized spacial score (nSPS) is 17.0. The first-order valence-corrected chi connectivity index (χ1v) is 17.7. The highest BCUT2D eigenvalue weighted by molar-refractivity contribution is 6.39. The third-order valence-electron chi connectivity index (χ3n) is 9.36. The van der Waals surface area contributed by atoms with E-state index in [1.54, 1.807) is 22.8 Å². The number of pyridine rings is 1. The first-order chi connectivity index (χ1) is 25.2. The van der Waals surface area contributed by atoms with Gasteiger partial charge in [0.1, 0.15) is 0 Å². The van der Waals surface area contributed by atoms with E-state index in [0.717, 1.165) is 17.5 Å². The second-order valence-electron chi connectivity index (χ2n) is 12.9. The fourth-order valence-corrected chi connectivity index (χ4v) is 7.34. The predicted molar refractivity (Wildman–Crippen MR) is 196 cm³/mol. The summed E-state index contributed by atoms with van der Waals surface area (Å²) in [7, 11) is 1.48. The molecule has 2 fully saturated rings. The Morgan fingerprint density at radius 3 is 2.15 bits per heavy atom. The van der Waals surface area contributed by atoms with Crippen molar-refractivity contribution in [3.05, 3.63) is 88.2 Å². The average molecular weight is 744 g/mol. The maximum Gasteiger partial charge on any atom is 0.407 e. The van der Waals surface area contributed by atoms with Crippen LogP contribution >= 0.6 is 23.2 Å². The molecule has 4 N–H and O–H groups in total. The molecule has 2 saturated heterocycles. The minimum Gasteiger partial charge on any atom is -0.481 e. The van der Waals surface area contributed by atoms with Gasteiger partial charge < -0.3 is 30.7 Å². The van der Waals surface area contributed by atoms with Crippen LogP contribution in [0.4, 0.5) is 4.79 Å². The first-order valence-electron chi connectivity index (χ1n) is 16.9. The van der Waals surface area contributed by atoms with Crippen molar-refractivity contribution in [2.75, 3.05) is 20.2 Å². The lowest BCUT2D eigenvalue weighted by atomic mass is 9.98. The Morgan fingerprint density at radius 2 is 1.54 bits per heavy atom. The van der Waals surface area contributed by atoms with E-state index < -0.39 is 6.09 Å². The molecule has 0 aliphatic carbocycles. The molecule has 0 bridgehead atoms. The number of nitrogens with one attached hydrogen (secondary N) is 3. The zero-order valence-corrected chi connectivity index (χ0v) is 29.7. The number of carbonyl (C=O) groups excluding carboxylic acids is 2. The molecule has 0 spiro atoms. The van der Waals surface area contributed by atoms with Crippen molar-refractivity contribution in [1.82, 2.24) is 40.4 Å². The Morgan fingerprint density at radius 1 is 0.904 bits per heavy atom. The number of amides is 3. The number of nitrogens with zero attached hydrogens (tertiary/aromatic N) is 5. The van der Waals surface area contributed by atoms with Gasteiger partial charge in [0.15, 0.2) is 5.65 Å². The van der Waals surface area contributed by atoms with Crippen LogP contribution in [0.3, 0.4) is 0 Å². The topological polar surface area (TPSA) is 163 Å². The Bertz CT molecular complexity index is 2180. The van der Waals surface area contributed by atoms with E-state index >= 15 is 0 Å². The van der Waals surface area contributed by atoms with E-state index in [4.69, 9.17) is 37.9 Å². The summed E-state index contributed by atoms with van der Waals surface area (Å²) in [5, 5.41) is 24.4. The summed E-state index contributed by atoms with van der Waals surface area (Å²) in [6.07, 6.45) is 4.87. The molecule has 0 unspecified atom stereocenters. The van der Waals surface area contributed by atoms with Crippen LogP contribution in [-0.4, -0.2) is 79.8 Å². The van der Waals surface area contributed by atoms with E-state index in [0.29, 0.717) is 81.7 Å². The Balaban J connectivity index is 1.13. The minimum absolute atomic E-state index is 0.0333. The van der Waals surface area contributed by atoms with Crippen LogP contribution in [0.1, 0.15) is 36.8 Å². The van der Waals surface area contributed by atoms with E-state index in [9.17, 15) is 19.5 Å². The van der Waals surface area contributed by atoms with E-state index in [1.165, 1.54) is 12.0 Å². The number of carbonyl (C=O) groups is 3. The molecular weight excluding hydrogens is 707 g/mol. The second kappa shape index (κ2) is 15.2. The lowest BCUT2D eigenvalue weighted by Gasteiger charge is -2.23. The predicted octanol–water partition coefficient (Wildman–Crippen LogP) is 5.57. The summed E-state index contributed by atoms with van der Waals surface area (Å²) in [5.41, 5.74) is 6.16. The Hall–Kier alpha value is -5.24. The zero-order valence-electron chi connectivity index (χ0n) is 28.2. The van der Waals surface area contributed by atoms with Crippen LogP contribution in [0.25, 0.3) is 39.3 Å². The van der Waals surface area contributed by atoms with Gasteiger partial charge in [-0.05, 0) is 31.0 Å². The molecule has 7 rings (SSSR count). The van der Waals surface area contributed by atoms with Crippen LogP contribution in [-0.2, 0) is 22.7 Å². The number of fused-ring (bicyclic) bond motifs is 1.